The van der Waals surface area contributed by atoms with Gasteiger partial charge >= 0.3 is 0 Å². The second-order valence-electron chi connectivity index (χ2n) is 4.79. The van der Waals surface area contributed by atoms with E-state index in [1.807, 2.05) is 12.1 Å². The molecular formula is C17H11BrN2. The van der Waals surface area contributed by atoms with E-state index in [1.165, 1.54) is 10.8 Å². The number of halogens is 1. The molecule has 1 N–H and O–H groups in total. The molecule has 1 heterocycles. The number of aromatic nitrogens is 2. The summed E-state index contributed by atoms with van der Waals surface area (Å²) < 4.78 is 1.08. The van der Waals surface area contributed by atoms with Gasteiger partial charge < -0.3 is 0 Å². The van der Waals surface area contributed by atoms with Crippen molar-refractivity contribution in [2.45, 2.75) is 0 Å². The fourth-order valence-electron chi connectivity index (χ4n) is 2.59. The highest BCUT2D eigenvalue weighted by Crippen LogP contribution is 2.31. The maximum absolute atomic E-state index is 4.51. The van der Waals surface area contributed by atoms with Crippen LogP contribution in [0.2, 0.25) is 0 Å². The number of H-pyrrole nitrogens is 1. The predicted octanol–water partition coefficient (Wildman–Crippen LogP) is 5.15. The number of nitrogens with one attached hydrogen (secondary N) is 1. The smallest absolute Gasteiger partial charge is 0.0999 e. The van der Waals surface area contributed by atoms with Crippen LogP contribution in [0.3, 0.4) is 0 Å². The number of rotatable bonds is 1. The molecule has 0 aliphatic rings. The number of nitrogens with zero attached hydrogens (tertiary/aromatic N) is 1. The summed E-state index contributed by atoms with van der Waals surface area (Å²) in [6, 6.07) is 20.9. The zero-order chi connectivity index (χ0) is 13.5. The van der Waals surface area contributed by atoms with Gasteiger partial charge in [0.05, 0.1) is 11.2 Å². The van der Waals surface area contributed by atoms with E-state index in [0.717, 1.165) is 26.6 Å². The molecule has 2 nitrogen and oxygen atoms in total. The van der Waals surface area contributed by atoms with Gasteiger partial charge in [-0.25, -0.2) is 0 Å². The molecule has 96 valence electrons. The Morgan fingerprint density at radius 2 is 1.60 bits per heavy atom. The van der Waals surface area contributed by atoms with Crippen LogP contribution in [0.4, 0.5) is 0 Å². The van der Waals surface area contributed by atoms with E-state index in [9.17, 15) is 0 Å². The SMILES string of the molecule is Brc1ccc(-c2n[nH]c3c2ccc2ccccc23)cc1. The monoisotopic (exact) mass is 322 g/mol. The van der Waals surface area contributed by atoms with Gasteiger partial charge in [-0.1, -0.05) is 58.4 Å². The van der Waals surface area contributed by atoms with Crippen LogP contribution in [0.15, 0.2) is 65.1 Å². The predicted molar refractivity (Wildman–Crippen MR) is 86.7 cm³/mol. The molecule has 3 heteroatoms. The van der Waals surface area contributed by atoms with Crippen LogP contribution in [0.1, 0.15) is 0 Å². The minimum absolute atomic E-state index is 0.998. The van der Waals surface area contributed by atoms with Crippen molar-refractivity contribution in [1.29, 1.82) is 0 Å². The van der Waals surface area contributed by atoms with Gasteiger partial charge in [-0.05, 0) is 23.6 Å². The van der Waals surface area contributed by atoms with Gasteiger partial charge in [-0.15, -0.1) is 0 Å². The molecule has 0 aliphatic carbocycles. The molecule has 3 aromatic carbocycles. The van der Waals surface area contributed by atoms with Crippen LogP contribution in [0.5, 0.6) is 0 Å². The Hall–Kier alpha value is -2.13. The second-order valence-corrected chi connectivity index (χ2v) is 5.70. The third-order valence-electron chi connectivity index (χ3n) is 3.58. The van der Waals surface area contributed by atoms with E-state index in [2.05, 4.69) is 74.7 Å². The van der Waals surface area contributed by atoms with Crippen molar-refractivity contribution in [1.82, 2.24) is 10.2 Å². The van der Waals surface area contributed by atoms with E-state index in [4.69, 9.17) is 0 Å². The van der Waals surface area contributed by atoms with E-state index >= 15 is 0 Å². The van der Waals surface area contributed by atoms with Crippen molar-refractivity contribution in [2.24, 2.45) is 0 Å². The van der Waals surface area contributed by atoms with Crippen LogP contribution in [-0.4, -0.2) is 10.2 Å². The highest BCUT2D eigenvalue weighted by molar-refractivity contribution is 9.10. The Kier molecular flexibility index (Phi) is 2.60. The van der Waals surface area contributed by atoms with E-state index in [1.54, 1.807) is 0 Å². The molecule has 0 saturated carbocycles. The molecule has 0 amide bonds. The van der Waals surface area contributed by atoms with E-state index in [0.29, 0.717) is 0 Å². The molecule has 0 atom stereocenters. The average molecular weight is 323 g/mol. The summed E-state index contributed by atoms with van der Waals surface area (Å²) in [6.07, 6.45) is 0. The van der Waals surface area contributed by atoms with Crippen molar-refractivity contribution >= 4 is 37.6 Å². The standard InChI is InChI=1S/C17H11BrN2/c18-13-8-5-12(6-9-13)16-15-10-7-11-3-1-2-4-14(11)17(15)20-19-16/h1-10H,(H,19,20). The lowest BCUT2D eigenvalue weighted by atomic mass is 10.0. The van der Waals surface area contributed by atoms with Crippen LogP contribution in [0.25, 0.3) is 32.9 Å². The van der Waals surface area contributed by atoms with Gasteiger partial charge in [-0.3, -0.25) is 5.10 Å². The fourth-order valence-corrected chi connectivity index (χ4v) is 2.85. The number of hydrogen-bond acceptors (Lipinski definition) is 1. The molecular weight excluding hydrogens is 312 g/mol. The summed E-state index contributed by atoms with van der Waals surface area (Å²) >= 11 is 3.46. The zero-order valence-corrected chi connectivity index (χ0v) is 12.2. The highest BCUT2D eigenvalue weighted by Gasteiger charge is 2.10. The number of benzene rings is 3. The molecule has 0 radical (unpaired) electrons. The van der Waals surface area contributed by atoms with Crippen molar-refractivity contribution in [3.05, 3.63) is 65.1 Å². The second kappa shape index (κ2) is 4.46. The first-order chi connectivity index (χ1) is 9.83. The Morgan fingerprint density at radius 3 is 2.45 bits per heavy atom. The Morgan fingerprint density at radius 1 is 0.800 bits per heavy atom. The van der Waals surface area contributed by atoms with Crippen molar-refractivity contribution in [2.75, 3.05) is 0 Å². The zero-order valence-electron chi connectivity index (χ0n) is 10.6. The normalized spacial score (nSPS) is 11.2. The highest BCUT2D eigenvalue weighted by atomic mass is 79.9. The third kappa shape index (κ3) is 1.74. The summed E-state index contributed by atoms with van der Waals surface area (Å²) in [5, 5.41) is 11.3. The lowest BCUT2D eigenvalue weighted by Crippen LogP contribution is -1.78. The average Bonchev–Trinajstić information content (AvgIpc) is 2.92. The Balaban J connectivity index is 2.02. The maximum Gasteiger partial charge on any atom is 0.0999 e. The van der Waals surface area contributed by atoms with Gasteiger partial charge in [0, 0.05) is 20.8 Å². The molecule has 0 bridgehead atoms. The summed E-state index contributed by atoms with van der Waals surface area (Å²) in [5.41, 5.74) is 3.22. The molecule has 0 aliphatic heterocycles. The fraction of sp³-hybridized carbons (Fsp3) is 0. The topological polar surface area (TPSA) is 28.7 Å². The Labute approximate surface area is 124 Å². The van der Waals surface area contributed by atoms with Gasteiger partial charge in [0.25, 0.3) is 0 Å². The summed E-state index contributed by atoms with van der Waals surface area (Å²) in [5.74, 6) is 0. The minimum atomic E-state index is 0.998. The van der Waals surface area contributed by atoms with Gasteiger partial charge in [0.1, 0.15) is 0 Å². The van der Waals surface area contributed by atoms with E-state index in [-0.39, 0.29) is 0 Å². The van der Waals surface area contributed by atoms with Crippen molar-refractivity contribution < 1.29 is 0 Å². The summed E-state index contributed by atoms with van der Waals surface area (Å²) in [6.45, 7) is 0. The van der Waals surface area contributed by atoms with E-state index < -0.39 is 0 Å². The quantitative estimate of drug-likeness (QED) is 0.516. The first kappa shape index (κ1) is 11.7. The van der Waals surface area contributed by atoms with Crippen LogP contribution in [-0.2, 0) is 0 Å². The molecule has 0 unspecified atom stereocenters. The van der Waals surface area contributed by atoms with Crippen molar-refractivity contribution in [3.8, 4) is 11.3 Å². The van der Waals surface area contributed by atoms with Crippen molar-refractivity contribution in [3.63, 3.8) is 0 Å². The first-order valence-electron chi connectivity index (χ1n) is 6.45. The lowest BCUT2D eigenvalue weighted by Gasteiger charge is -2.00. The largest absolute Gasteiger partial charge is 0.277 e. The number of fused-ring (bicyclic) bond motifs is 3. The summed E-state index contributed by atoms with van der Waals surface area (Å²) in [4.78, 5) is 0. The molecule has 4 rings (SSSR count). The molecule has 0 fully saturated rings. The minimum Gasteiger partial charge on any atom is -0.277 e. The lowest BCUT2D eigenvalue weighted by molar-refractivity contribution is 1.13. The molecule has 4 aromatic rings. The van der Waals surface area contributed by atoms with Gasteiger partial charge in [0.2, 0.25) is 0 Å². The third-order valence-corrected chi connectivity index (χ3v) is 4.11. The van der Waals surface area contributed by atoms with Crippen LogP contribution >= 0.6 is 15.9 Å². The maximum atomic E-state index is 4.51. The first-order valence-corrected chi connectivity index (χ1v) is 7.24. The molecule has 1 aromatic heterocycles. The van der Waals surface area contributed by atoms with Crippen LogP contribution < -0.4 is 0 Å². The summed E-state index contributed by atoms with van der Waals surface area (Å²) in [7, 11) is 0. The van der Waals surface area contributed by atoms with Gasteiger partial charge in [0.15, 0.2) is 0 Å². The van der Waals surface area contributed by atoms with Gasteiger partial charge in [-0.2, -0.15) is 5.10 Å². The Bertz CT molecular complexity index is 907. The molecule has 0 spiro atoms. The number of aromatic amines is 1. The molecule has 20 heavy (non-hydrogen) atoms. The molecule has 0 saturated heterocycles. The van der Waals surface area contributed by atoms with Crippen LogP contribution in [0, 0.1) is 0 Å². The number of hydrogen-bond donors (Lipinski definition) is 1.